The van der Waals surface area contributed by atoms with Gasteiger partial charge in [-0.3, -0.25) is 19.6 Å². The highest BCUT2D eigenvalue weighted by Crippen LogP contribution is 2.25. The van der Waals surface area contributed by atoms with Crippen molar-refractivity contribution >= 4 is 28.9 Å². The van der Waals surface area contributed by atoms with Crippen molar-refractivity contribution in [2.45, 2.75) is 40.3 Å². The van der Waals surface area contributed by atoms with E-state index in [9.17, 15) is 19.3 Å². The van der Waals surface area contributed by atoms with Crippen LogP contribution in [0.4, 0.5) is 10.1 Å². The number of benzene rings is 2. The predicted molar refractivity (Wildman–Crippen MR) is 126 cm³/mol. The number of hydrogen-bond donors (Lipinski definition) is 1. The van der Waals surface area contributed by atoms with Gasteiger partial charge in [0.2, 0.25) is 0 Å². The van der Waals surface area contributed by atoms with E-state index in [0.29, 0.717) is 16.5 Å². The van der Waals surface area contributed by atoms with E-state index in [4.69, 9.17) is 16.3 Å². The van der Waals surface area contributed by atoms with Crippen LogP contribution in [0.3, 0.4) is 0 Å². The molecule has 0 fully saturated rings. The van der Waals surface area contributed by atoms with Crippen LogP contribution in [0.5, 0.6) is 5.75 Å². The average Bonchev–Trinajstić information content (AvgIpc) is 3.10. The van der Waals surface area contributed by atoms with E-state index in [2.05, 4.69) is 15.6 Å². The lowest BCUT2D eigenvalue weighted by Crippen LogP contribution is -2.29. The molecule has 1 heterocycles. The summed E-state index contributed by atoms with van der Waals surface area (Å²) in [5.74, 6) is -0.395. The summed E-state index contributed by atoms with van der Waals surface area (Å²) < 4.78 is 20.8. The van der Waals surface area contributed by atoms with Crippen molar-refractivity contribution in [2.24, 2.45) is 5.10 Å². The number of hydrogen-bond acceptors (Lipinski definition) is 6. The standard InChI is InChI=1S/C23H23ClFN5O4/c1-13(26-27-23(31)16(4)29-15(3)22(30(32)33)14(2)28-29)17-8-10-18(11-9-17)34-12-19-20(24)6-5-7-21(19)25/h5-11,16H,12H2,1-4H3,(H,27,31)/b26-13+. The molecule has 0 aliphatic carbocycles. The third-order valence-electron chi connectivity index (χ3n) is 5.27. The van der Waals surface area contributed by atoms with Gasteiger partial charge < -0.3 is 4.74 Å². The lowest BCUT2D eigenvalue weighted by Gasteiger charge is -2.12. The molecule has 3 rings (SSSR count). The molecule has 1 amide bonds. The summed E-state index contributed by atoms with van der Waals surface area (Å²) in [5.41, 5.74) is 4.42. The monoisotopic (exact) mass is 487 g/mol. The molecule has 1 aromatic heterocycles. The molecule has 11 heteroatoms. The number of rotatable bonds is 8. The summed E-state index contributed by atoms with van der Waals surface area (Å²) in [6.07, 6.45) is 0. The molecule has 0 aliphatic heterocycles. The Morgan fingerprint density at radius 2 is 1.97 bits per heavy atom. The van der Waals surface area contributed by atoms with Crippen LogP contribution >= 0.6 is 11.6 Å². The zero-order valence-corrected chi connectivity index (χ0v) is 19.8. The number of ether oxygens (including phenoxy) is 1. The number of amides is 1. The number of aromatic nitrogens is 2. The molecule has 0 spiro atoms. The van der Waals surface area contributed by atoms with E-state index in [1.54, 1.807) is 51.1 Å². The molecule has 0 aliphatic rings. The maximum absolute atomic E-state index is 13.9. The largest absolute Gasteiger partial charge is 0.489 e. The van der Waals surface area contributed by atoms with Crippen molar-refractivity contribution in [3.8, 4) is 5.75 Å². The number of aryl methyl sites for hydroxylation is 1. The maximum atomic E-state index is 13.9. The molecule has 0 saturated heterocycles. The summed E-state index contributed by atoms with van der Waals surface area (Å²) >= 11 is 6.01. The minimum Gasteiger partial charge on any atom is -0.489 e. The second-order valence-corrected chi connectivity index (χ2v) is 7.99. The lowest BCUT2D eigenvalue weighted by molar-refractivity contribution is -0.386. The second-order valence-electron chi connectivity index (χ2n) is 7.58. The number of nitrogens with zero attached hydrogens (tertiary/aromatic N) is 4. The Labute approximate surface area is 200 Å². The Morgan fingerprint density at radius 1 is 1.29 bits per heavy atom. The molecule has 3 aromatic rings. The quantitative estimate of drug-likeness (QED) is 0.276. The van der Waals surface area contributed by atoms with Gasteiger partial charge in [0.05, 0.1) is 15.7 Å². The predicted octanol–water partition coefficient (Wildman–Crippen LogP) is 4.88. The van der Waals surface area contributed by atoms with E-state index in [1.807, 2.05) is 0 Å². The van der Waals surface area contributed by atoms with Crippen LogP contribution in [0.25, 0.3) is 0 Å². The molecule has 0 radical (unpaired) electrons. The third kappa shape index (κ3) is 5.40. The van der Waals surface area contributed by atoms with E-state index in [1.165, 1.54) is 23.7 Å². The molecule has 0 saturated carbocycles. The van der Waals surface area contributed by atoms with Crippen molar-refractivity contribution in [3.05, 3.63) is 85.9 Å². The number of carbonyl (C=O) groups is 1. The molecule has 1 unspecified atom stereocenters. The highest BCUT2D eigenvalue weighted by molar-refractivity contribution is 6.31. The average molecular weight is 488 g/mol. The van der Waals surface area contributed by atoms with Gasteiger partial charge in [0.1, 0.15) is 35.6 Å². The van der Waals surface area contributed by atoms with Crippen LogP contribution in [0, 0.1) is 29.8 Å². The van der Waals surface area contributed by atoms with Crippen molar-refractivity contribution in [3.63, 3.8) is 0 Å². The minimum absolute atomic E-state index is 0.0175. The van der Waals surface area contributed by atoms with Crippen LogP contribution in [0.15, 0.2) is 47.6 Å². The van der Waals surface area contributed by atoms with Gasteiger partial charge in [0.15, 0.2) is 0 Å². The number of nitro groups is 1. The van der Waals surface area contributed by atoms with E-state index >= 15 is 0 Å². The van der Waals surface area contributed by atoms with E-state index in [-0.39, 0.29) is 29.2 Å². The fraction of sp³-hybridized carbons (Fsp3) is 0.261. The molecule has 9 nitrogen and oxygen atoms in total. The Hall–Kier alpha value is -3.79. The summed E-state index contributed by atoms with van der Waals surface area (Å²) in [4.78, 5) is 23.2. The molecule has 1 N–H and O–H groups in total. The Kier molecular flexibility index (Phi) is 7.62. The van der Waals surface area contributed by atoms with Crippen molar-refractivity contribution in [2.75, 3.05) is 0 Å². The van der Waals surface area contributed by atoms with Crippen LogP contribution in [0.2, 0.25) is 5.02 Å². The molecule has 1 atom stereocenters. The topological polar surface area (TPSA) is 112 Å². The van der Waals surface area contributed by atoms with Crippen LogP contribution in [-0.2, 0) is 11.4 Å². The second kappa shape index (κ2) is 10.4. The normalized spacial score (nSPS) is 12.4. The van der Waals surface area contributed by atoms with Crippen LogP contribution in [-0.4, -0.2) is 26.3 Å². The Bertz CT molecular complexity index is 1240. The van der Waals surface area contributed by atoms with Gasteiger partial charge in [-0.25, -0.2) is 9.82 Å². The van der Waals surface area contributed by atoms with E-state index < -0.39 is 22.7 Å². The first-order chi connectivity index (χ1) is 16.1. The fourth-order valence-electron chi connectivity index (χ4n) is 3.32. The van der Waals surface area contributed by atoms with Gasteiger partial charge in [-0.15, -0.1) is 0 Å². The van der Waals surface area contributed by atoms with Gasteiger partial charge in [0.25, 0.3) is 5.91 Å². The summed E-state index contributed by atoms with van der Waals surface area (Å²) in [6.45, 7) is 6.34. The zero-order valence-electron chi connectivity index (χ0n) is 19.0. The van der Waals surface area contributed by atoms with Crippen LogP contribution in [0.1, 0.15) is 42.4 Å². The highest BCUT2D eigenvalue weighted by Gasteiger charge is 2.27. The molecular weight excluding hydrogens is 465 g/mol. The zero-order chi connectivity index (χ0) is 25.0. The highest BCUT2D eigenvalue weighted by atomic mass is 35.5. The van der Waals surface area contributed by atoms with Gasteiger partial charge in [-0.05, 0) is 69.7 Å². The number of carbonyl (C=O) groups excluding carboxylic acids is 1. The first kappa shape index (κ1) is 24.8. The molecule has 2 aromatic carbocycles. The van der Waals surface area contributed by atoms with Crippen molar-refractivity contribution < 1.29 is 18.8 Å². The molecule has 34 heavy (non-hydrogen) atoms. The van der Waals surface area contributed by atoms with Gasteiger partial charge in [0, 0.05) is 5.56 Å². The van der Waals surface area contributed by atoms with Gasteiger partial charge >= 0.3 is 5.69 Å². The molecular formula is C23H23ClFN5O4. The van der Waals surface area contributed by atoms with Crippen molar-refractivity contribution in [1.82, 2.24) is 15.2 Å². The Morgan fingerprint density at radius 3 is 2.56 bits per heavy atom. The van der Waals surface area contributed by atoms with Gasteiger partial charge in [-0.1, -0.05) is 17.7 Å². The third-order valence-corrected chi connectivity index (χ3v) is 5.62. The first-order valence-corrected chi connectivity index (χ1v) is 10.7. The first-order valence-electron chi connectivity index (χ1n) is 10.3. The number of halogens is 2. The smallest absolute Gasteiger partial charge is 0.312 e. The van der Waals surface area contributed by atoms with Crippen LogP contribution < -0.4 is 10.2 Å². The SMILES string of the molecule is C/C(=N\NC(=O)C(C)n1nc(C)c([N+](=O)[O-])c1C)c1ccc(OCc2c(F)cccc2Cl)cc1. The Balaban J connectivity index is 1.63. The number of nitrogens with one attached hydrogen (secondary N) is 1. The summed E-state index contributed by atoms with van der Waals surface area (Å²) in [7, 11) is 0. The van der Waals surface area contributed by atoms with Gasteiger partial charge in [-0.2, -0.15) is 10.2 Å². The molecule has 0 bridgehead atoms. The van der Waals surface area contributed by atoms with E-state index in [0.717, 1.165) is 5.56 Å². The fourth-order valence-corrected chi connectivity index (χ4v) is 3.54. The minimum atomic E-state index is -0.801. The number of hydrazone groups is 1. The maximum Gasteiger partial charge on any atom is 0.312 e. The lowest BCUT2D eigenvalue weighted by atomic mass is 10.1. The van der Waals surface area contributed by atoms with Crippen molar-refractivity contribution in [1.29, 1.82) is 0 Å². The summed E-state index contributed by atoms with van der Waals surface area (Å²) in [5, 5.41) is 19.7. The summed E-state index contributed by atoms with van der Waals surface area (Å²) in [6, 6.07) is 10.5. The molecule has 178 valence electrons.